The molecule has 1 aliphatic carbocycles. The maximum absolute atomic E-state index is 12.5. The Morgan fingerprint density at radius 3 is 2.26 bits per heavy atom. The highest BCUT2D eigenvalue weighted by Crippen LogP contribution is 2.30. The molecule has 3 N–H and O–H groups in total. The first-order valence-corrected chi connectivity index (χ1v) is 7.06. The van der Waals surface area contributed by atoms with Gasteiger partial charge in [0.25, 0.3) is 5.91 Å². The third-order valence-corrected chi connectivity index (χ3v) is 4.38. The van der Waals surface area contributed by atoms with E-state index in [0.29, 0.717) is 4.99 Å². The molecule has 0 bridgehead atoms. The predicted octanol–water partition coefficient (Wildman–Crippen LogP) is 2.63. The quantitative estimate of drug-likeness (QED) is 0.834. The number of carbonyl (C=O) groups is 1. The molecule has 0 spiro atoms. The fourth-order valence-corrected chi connectivity index (χ4v) is 3.12. The number of thiocarbonyl (C=S) groups is 1. The molecule has 1 aromatic rings. The summed E-state index contributed by atoms with van der Waals surface area (Å²) in [6.07, 6.45) is 3.81. The number of carbonyl (C=O) groups excluding carboxylic acids is 1. The Kier molecular flexibility index (Phi) is 3.90. The standard InChI is InChI=1S/C15H20N2OS/c1-10-6-5-7-11(2)12(10)13(18)17-15(14(16)19)8-3-4-9-15/h5-7H,3-4,8-9H2,1-2H3,(H2,16,19)(H,17,18). The van der Waals surface area contributed by atoms with Crippen LogP contribution in [0.3, 0.4) is 0 Å². The number of aryl methyl sites for hydroxylation is 2. The Balaban J connectivity index is 2.28. The van der Waals surface area contributed by atoms with Crippen LogP contribution in [0.2, 0.25) is 0 Å². The lowest BCUT2D eigenvalue weighted by atomic mass is 9.95. The Hall–Kier alpha value is -1.42. The molecule has 0 radical (unpaired) electrons. The number of nitrogens with two attached hydrogens (primary N) is 1. The minimum absolute atomic E-state index is 0.0645. The number of benzene rings is 1. The summed E-state index contributed by atoms with van der Waals surface area (Å²) in [5.41, 5.74) is 8.07. The van der Waals surface area contributed by atoms with Gasteiger partial charge in [0, 0.05) is 5.56 Å². The van der Waals surface area contributed by atoms with Crippen LogP contribution in [-0.4, -0.2) is 16.4 Å². The fourth-order valence-electron chi connectivity index (χ4n) is 2.86. The molecule has 0 saturated heterocycles. The van der Waals surface area contributed by atoms with Gasteiger partial charge in [0.05, 0.1) is 10.5 Å². The highest BCUT2D eigenvalue weighted by atomic mass is 32.1. The second-order valence-electron chi connectivity index (χ2n) is 5.37. The molecular weight excluding hydrogens is 256 g/mol. The molecule has 1 aliphatic rings. The van der Waals surface area contributed by atoms with Crippen LogP contribution in [0.5, 0.6) is 0 Å². The van der Waals surface area contributed by atoms with Gasteiger partial charge in [-0.3, -0.25) is 4.79 Å². The van der Waals surface area contributed by atoms with Crippen LogP contribution in [0.1, 0.15) is 47.2 Å². The third kappa shape index (κ3) is 2.63. The number of hydrogen-bond donors (Lipinski definition) is 2. The molecule has 1 amide bonds. The summed E-state index contributed by atoms with van der Waals surface area (Å²) in [4.78, 5) is 12.9. The summed E-state index contributed by atoms with van der Waals surface area (Å²) < 4.78 is 0. The van der Waals surface area contributed by atoms with E-state index in [1.807, 2.05) is 32.0 Å². The van der Waals surface area contributed by atoms with Crippen molar-refractivity contribution in [3.05, 3.63) is 34.9 Å². The van der Waals surface area contributed by atoms with E-state index in [-0.39, 0.29) is 5.91 Å². The second-order valence-corrected chi connectivity index (χ2v) is 5.81. The van der Waals surface area contributed by atoms with Crippen molar-refractivity contribution in [1.82, 2.24) is 5.32 Å². The van der Waals surface area contributed by atoms with E-state index in [1.165, 1.54) is 0 Å². The Morgan fingerprint density at radius 1 is 1.26 bits per heavy atom. The lowest BCUT2D eigenvalue weighted by Crippen LogP contribution is -2.55. The number of nitrogens with one attached hydrogen (secondary N) is 1. The van der Waals surface area contributed by atoms with Crippen molar-refractivity contribution in [2.75, 3.05) is 0 Å². The fraction of sp³-hybridized carbons (Fsp3) is 0.467. The van der Waals surface area contributed by atoms with E-state index in [1.54, 1.807) is 0 Å². The smallest absolute Gasteiger partial charge is 0.252 e. The van der Waals surface area contributed by atoms with Crippen molar-refractivity contribution < 1.29 is 4.79 Å². The Bertz CT molecular complexity index is 499. The minimum Gasteiger partial charge on any atom is -0.391 e. The molecule has 0 atom stereocenters. The summed E-state index contributed by atoms with van der Waals surface area (Å²) in [7, 11) is 0. The van der Waals surface area contributed by atoms with Crippen LogP contribution in [0, 0.1) is 13.8 Å². The molecule has 19 heavy (non-hydrogen) atoms. The van der Waals surface area contributed by atoms with Gasteiger partial charge in [0.2, 0.25) is 0 Å². The van der Waals surface area contributed by atoms with Gasteiger partial charge < -0.3 is 11.1 Å². The van der Waals surface area contributed by atoms with E-state index >= 15 is 0 Å². The van der Waals surface area contributed by atoms with Crippen molar-refractivity contribution in [2.45, 2.75) is 45.1 Å². The van der Waals surface area contributed by atoms with Crippen molar-refractivity contribution >= 4 is 23.1 Å². The topological polar surface area (TPSA) is 55.1 Å². The number of rotatable bonds is 3. The average Bonchev–Trinajstić information content (AvgIpc) is 2.78. The van der Waals surface area contributed by atoms with Crippen molar-refractivity contribution in [3.8, 4) is 0 Å². The second kappa shape index (κ2) is 5.29. The lowest BCUT2D eigenvalue weighted by molar-refractivity contribution is 0.0923. The SMILES string of the molecule is Cc1cccc(C)c1C(=O)NC1(C(N)=S)CCCC1. The van der Waals surface area contributed by atoms with Crippen LogP contribution in [0.25, 0.3) is 0 Å². The van der Waals surface area contributed by atoms with Gasteiger partial charge in [-0.05, 0) is 37.8 Å². The summed E-state index contributed by atoms with van der Waals surface area (Å²) in [5, 5.41) is 3.08. The summed E-state index contributed by atoms with van der Waals surface area (Å²) >= 11 is 5.16. The Labute approximate surface area is 119 Å². The number of amides is 1. The van der Waals surface area contributed by atoms with Gasteiger partial charge in [-0.15, -0.1) is 0 Å². The van der Waals surface area contributed by atoms with E-state index in [2.05, 4.69) is 5.32 Å². The first kappa shape index (κ1) is 14.0. The highest BCUT2D eigenvalue weighted by molar-refractivity contribution is 7.80. The van der Waals surface area contributed by atoms with Crippen LogP contribution >= 0.6 is 12.2 Å². The molecule has 1 saturated carbocycles. The zero-order valence-corrected chi connectivity index (χ0v) is 12.3. The van der Waals surface area contributed by atoms with E-state index in [4.69, 9.17) is 18.0 Å². The van der Waals surface area contributed by atoms with Crippen molar-refractivity contribution in [3.63, 3.8) is 0 Å². The molecule has 2 rings (SSSR count). The van der Waals surface area contributed by atoms with Crippen molar-refractivity contribution in [2.24, 2.45) is 5.73 Å². The Morgan fingerprint density at radius 2 is 1.79 bits per heavy atom. The van der Waals surface area contributed by atoms with Gasteiger partial charge in [0.15, 0.2) is 0 Å². The summed E-state index contributed by atoms with van der Waals surface area (Å²) in [6, 6.07) is 5.86. The maximum atomic E-state index is 12.5. The third-order valence-electron chi connectivity index (χ3n) is 3.99. The monoisotopic (exact) mass is 276 g/mol. The highest BCUT2D eigenvalue weighted by Gasteiger charge is 2.38. The summed E-state index contributed by atoms with van der Waals surface area (Å²) in [5.74, 6) is -0.0645. The van der Waals surface area contributed by atoms with Gasteiger partial charge in [0.1, 0.15) is 0 Å². The molecule has 102 valence electrons. The molecule has 1 aromatic carbocycles. The largest absolute Gasteiger partial charge is 0.391 e. The minimum atomic E-state index is -0.485. The first-order chi connectivity index (χ1) is 8.96. The molecule has 1 fully saturated rings. The normalized spacial score (nSPS) is 17.2. The van der Waals surface area contributed by atoms with Crippen LogP contribution in [-0.2, 0) is 0 Å². The molecule has 3 nitrogen and oxygen atoms in total. The first-order valence-electron chi connectivity index (χ1n) is 6.65. The molecule has 0 aliphatic heterocycles. The zero-order chi connectivity index (χ0) is 14.0. The van der Waals surface area contributed by atoms with Gasteiger partial charge >= 0.3 is 0 Å². The van der Waals surface area contributed by atoms with Crippen molar-refractivity contribution in [1.29, 1.82) is 0 Å². The van der Waals surface area contributed by atoms with Crippen LogP contribution in [0.15, 0.2) is 18.2 Å². The molecule has 4 heteroatoms. The molecule has 0 heterocycles. The van der Waals surface area contributed by atoms with E-state index < -0.39 is 5.54 Å². The lowest BCUT2D eigenvalue weighted by Gasteiger charge is -2.29. The number of hydrogen-bond acceptors (Lipinski definition) is 2. The molecule has 0 unspecified atom stereocenters. The summed E-state index contributed by atoms with van der Waals surface area (Å²) in [6.45, 7) is 3.90. The van der Waals surface area contributed by atoms with E-state index in [9.17, 15) is 4.79 Å². The van der Waals surface area contributed by atoms with Gasteiger partial charge in [-0.25, -0.2) is 0 Å². The average molecular weight is 276 g/mol. The van der Waals surface area contributed by atoms with Gasteiger partial charge in [-0.2, -0.15) is 0 Å². The zero-order valence-electron chi connectivity index (χ0n) is 11.5. The van der Waals surface area contributed by atoms with Crippen LogP contribution in [0.4, 0.5) is 0 Å². The van der Waals surface area contributed by atoms with Crippen LogP contribution < -0.4 is 11.1 Å². The predicted molar refractivity (Wildman–Crippen MR) is 81.4 cm³/mol. The molecular formula is C15H20N2OS. The maximum Gasteiger partial charge on any atom is 0.252 e. The van der Waals surface area contributed by atoms with Gasteiger partial charge in [-0.1, -0.05) is 43.3 Å². The van der Waals surface area contributed by atoms with E-state index in [0.717, 1.165) is 42.4 Å². The molecule has 0 aromatic heterocycles.